The van der Waals surface area contributed by atoms with E-state index >= 15 is 0 Å². The van der Waals surface area contributed by atoms with Crippen molar-refractivity contribution in [1.82, 2.24) is 4.90 Å². The second kappa shape index (κ2) is 12.1. The van der Waals surface area contributed by atoms with Gasteiger partial charge in [0.25, 0.3) is 0 Å². The van der Waals surface area contributed by atoms with E-state index in [1.165, 1.54) is 0 Å². The predicted molar refractivity (Wildman–Crippen MR) is 142 cm³/mol. The first-order valence-electron chi connectivity index (χ1n) is 13.2. The average Bonchev–Trinajstić information content (AvgIpc) is 2.87. The van der Waals surface area contributed by atoms with Crippen LogP contribution in [0.3, 0.4) is 0 Å². The lowest BCUT2D eigenvalue weighted by Crippen LogP contribution is -2.38. The minimum absolute atomic E-state index is 0.0483. The summed E-state index contributed by atoms with van der Waals surface area (Å²) in [6.45, 7) is 5.99. The first kappa shape index (κ1) is 27.8. The molecule has 0 bridgehead atoms. The molecule has 4 rings (SSSR count). The molecule has 0 atom stereocenters. The molecular formula is C30H34F3NO4. The standard InChI is InChI=1S/C30H34F3NO4/c1-3-37-26-17-20(19-34-15-13-22(14-16-34)30(31,32)33)18-27(38-4-2)29(26)25-10-6-8-23-21(11-12-28(35)36)7-5-9-24(23)25/h5-10,17-18,22H,3-4,11-16,19H2,1-2H3,(H,35,36). The third kappa shape index (κ3) is 6.41. The summed E-state index contributed by atoms with van der Waals surface area (Å²) >= 11 is 0. The highest BCUT2D eigenvalue weighted by atomic mass is 19.4. The van der Waals surface area contributed by atoms with Crippen LogP contribution in [0.2, 0.25) is 0 Å². The number of nitrogens with zero attached hydrogens (tertiary/aromatic N) is 1. The summed E-state index contributed by atoms with van der Waals surface area (Å²) in [4.78, 5) is 13.2. The van der Waals surface area contributed by atoms with Crippen LogP contribution in [-0.2, 0) is 17.8 Å². The van der Waals surface area contributed by atoms with Crippen LogP contribution in [0.4, 0.5) is 13.2 Å². The number of halogens is 3. The fourth-order valence-electron chi connectivity index (χ4n) is 5.27. The predicted octanol–water partition coefficient (Wildman–Crippen LogP) is 7.10. The van der Waals surface area contributed by atoms with Crippen molar-refractivity contribution in [3.63, 3.8) is 0 Å². The number of benzene rings is 3. The van der Waals surface area contributed by atoms with E-state index in [0.717, 1.165) is 33.0 Å². The number of fused-ring (bicyclic) bond motifs is 1. The van der Waals surface area contributed by atoms with Gasteiger partial charge in [0.15, 0.2) is 0 Å². The third-order valence-corrected chi connectivity index (χ3v) is 7.07. The van der Waals surface area contributed by atoms with Crippen LogP contribution in [0.1, 0.15) is 44.2 Å². The molecule has 1 aliphatic heterocycles. The van der Waals surface area contributed by atoms with Gasteiger partial charge >= 0.3 is 12.1 Å². The highest BCUT2D eigenvalue weighted by molar-refractivity contribution is 6.01. The fourth-order valence-corrected chi connectivity index (χ4v) is 5.27. The molecule has 0 radical (unpaired) electrons. The van der Waals surface area contributed by atoms with E-state index in [1.54, 1.807) is 0 Å². The molecule has 0 unspecified atom stereocenters. The molecule has 3 aromatic rings. The number of likely N-dealkylation sites (tertiary alicyclic amines) is 1. The molecule has 1 saturated heterocycles. The lowest BCUT2D eigenvalue weighted by atomic mass is 9.92. The summed E-state index contributed by atoms with van der Waals surface area (Å²) in [6.07, 6.45) is -3.44. The monoisotopic (exact) mass is 529 g/mol. The van der Waals surface area contributed by atoms with E-state index in [2.05, 4.69) is 4.90 Å². The van der Waals surface area contributed by atoms with Crippen LogP contribution in [-0.4, -0.2) is 48.5 Å². The van der Waals surface area contributed by atoms with Gasteiger partial charge < -0.3 is 14.6 Å². The summed E-state index contributed by atoms with van der Waals surface area (Å²) in [6, 6.07) is 15.8. The van der Waals surface area contributed by atoms with Gasteiger partial charge in [0, 0.05) is 13.0 Å². The van der Waals surface area contributed by atoms with Crippen molar-refractivity contribution in [3.05, 3.63) is 59.7 Å². The van der Waals surface area contributed by atoms with Crippen LogP contribution in [0.25, 0.3) is 21.9 Å². The number of aryl methyl sites for hydroxylation is 1. The first-order valence-corrected chi connectivity index (χ1v) is 13.2. The maximum atomic E-state index is 13.1. The van der Waals surface area contributed by atoms with Crippen molar-refractivity contribution in [2.24, 2.45) is 5.92 Å². The maximum Gasteiger partial charge on any atom is 0.391 e. The van der Waals surface area contributed by atoms with Gasteiger partial charge in [0.1, 0.15) is 11.5 Å². The highest BCUT2D eigenvalue weighted by Gasteiger charge is 2.41. The zero-order chi connectivity index (χ0) is 27.3. The van der Waals surface area contributed by atoms with Gasteiger partial charge in [-0.3, -0.25) is 9.69 Å². The number of aliphatic carboxylic acids is 1. The topological polar surface area (TPSA) is 59.0 Å². The Morgan fingerprint density at radius 2 is 1.58 bits per heavy atom. The molecule has 0 saturated carbocycles. The van der Waals surface area contributed by atoms with Gasteiger partial charge in [0.05, 0.1) is 24.7 Å². The van der Waals surface area contributed by atoms with Crippen LogP contribution in [0.5, 0.6) is 11.5 Å². The van der Waals surface area contributed by atoms with Gasteiger partial charge in [-0.2, -0.15) is 13.2 Å². The van der Waals surface area contributed by atoms with E-state index in [9.17, 15) is 23.1 Å². The van der Waals surface area contributed by atoms with Crippen LogP contribution < -0.4 is 9.47 Å². The lowest BCUT2D eigenvalue weighted by molar-refractivity contribution is -0.185. The Morgan fingerprint density at radius 1 is 0.974 bits per heavy atom. The number of alkyl halides is 3. The van der Waals surface area contributed by atoms with Crippen LogP contribution >= 0.6 is 0 Å². The summed E-state index contributed by atoms with van der Waals surface area (Å²) in [7, 11) is 0. The van der Waals surface area contributed by atoms with E-state index in [1.807, 2.05) is 62.4 Å². The number of carboxylic acid groups (broad SMARTS) is 1. The Morgan fingerprint density at radius 3 is 2.16 bits per heavy atom. The first-order chi connectivity index (χ1) is 18.2. The van der Waals surface area contributed by atoms with Gasteiger partial charge in [-0.05, 0) is 85.8 Å². The third-order valence-electron chi connectivity index (χ3n) is 7.07. The van der Waals surface area contributed by atoms with Crippen molar-refractivity contribution < 1.29 is 32.5 Å². The maximum absolute atomic E-state index is 13.1. The van der Waals surface area contributed by atoms with E-state index in [4.69, 9.17) is 9.47 Å². The Balaban J connectivity index is 1.72. The zero-order valence-corrected chi connectivity index (χ0v) is 21.8. The molecular weight excluding hydrogens is 495 g/mol. The zero-order valence-electron chi connectivity index (χ0n) is 21.8. The average molecular weight is 530 g/mol. The number of piperidine rings is 1. The molecule has 5 nitrogen and oxygen atoms in total. The van der Waals surface area contributed by atoms with Crippen molar-refractivity contribution >= 4 is 16.7 Å². The molecule has 3 aromatic carbocycles. The van der Waals surface area contributed by atoms with E-state index in [-0.39, 0.29) is 19.3 Å². The van der Waals surface area contributed by atoms with Crippen LogP contribution in [0.15, 0.2) is 48.5 Å². The minimum atomic E-state index is -4.13. The molecule has 204 valence electrons. The summed E-state index contributed by atoms with van der Waals surface area (Å²) in [5, 5.41) is 11.1. The normalized spacial score (nSPS) is 15.1. The minimum Gasteiger partial charge on any atom is -0.493 e. The molecule has 1 fully saturated rings. The Hall–Kier alpha value is -3.26. The molecule has 1 N–H and O–H groups in total. The SMILES string of the molecule is CCOc1cc(CN2CCC(C(F)(F)F)CC2)cc(OCC)c1-c1cccc2c(CCC(=O)O)cccc12. The molecule has 0 spiro atoms. The summed E-state index contributed by atoms with van der Waals surface area (Å²) in [5.74, 6) is -0.761. The molecule has 1 aliphatic rings. The molecule has 8 heteroatoms. The highest BCUT2D eigenvalue weighted by Crippen LogP contribution is 2.44. The molecule has 0 aliphatic carbocycles. The molecule has 0 amide bonds. The number of hydrogen-bond acceptors (Lipinski definition) is 4. The molecule has 1 heterocycles. The summed E-state index contributed by atoms with van der Waals surface area (Å²) in [5.41, 5.74) is 3.62. The molecule has 0 aromatic heterocycles. The van der Waals surface area contributed by atoms with Crippen LogP contribution in [0, 0.1) is 5.92 Å². The lowest BCUT2D eigenvalue weighted by Gasteiger charge is -2.33. The second-order valence-corrected chi connectivity index (χ2v) is 9.64. The quantitative estimate of drug-likeness (QED) is 0.304. The van der Waals surface area contributed by atoms with Gasteiger partial charge in [-0.1, -0.05) is 36.4 Å². The van der Waals surface area contributed by atoms with Crippen molar-refractivity contribution in [3.8, 4) is 22.6 Å². The van der Waals surface area contributed by atoms with Crippen molar-refractivity contribution in [1.29, 1.82) is 0 Å². The number of rotatable bonds is 10. The van der Waals surface area contributed by atoms with Crippen molar-refractivity contribution in [2.75, 3.05) is 26.3 Å². The summed E-state index contributed by atoms with van der Waals surface area (Å²) < 4.78 is 51.5. The van der Waals surface area contributed by atoms with Gasteiger partial charge in [0.2, 0.25) is 0 Å². The number of ether oxygens (including phenoxy) is 2. The Labute approximate surface area is 221 Å². The second-order valence-electron chi connectivity index (χ2n) is 9.64. The largest absolute Gasteiger partial charge is 0.493 e. The molecule has 38 heavy (non-hydrogen) atoms. The Kier molecular flexibility index (Phi) is 8.82. The van der Waals surface area contributed by atoms with Gasteiger partial charge in [-0.15, -0.1) is 0 Å². The number of carboxylic acids is 1. The van der Waals surface area contributed by atoms with E-state index in [0.29, 0.717) is 50.8 Å². The smallest absolute Gasteiger partial charge is 0.391 e. The van der Waals surface area contributed by atoms with Gasteiger partial charge in [-0.25, -0.2) is 0 Å². The van der Waals surface area contributed by atoms with E-state index < -0.39 is 18.1 Å². The van der Waals surface area contributed by atoms with Crippen molar-refractivity contribution in [2.45, 2.75) is 52.3 Å². The Bertz CT molecular complexity index is 1240. The number of carbonyl (C=O) groups is 1. The number of hydrogen-bond donors (Lipinski definition) is 1. The fraction of sp³-hybridized carbons (Fsp3) is 0.433.